The predicted molar refractivity (Wildman–Crippen MR) is 64.9 cm³/mol. The Balaban J connectivity index is 2.35. The van der Waals surface area contributed by atoms with Gasteiger partial charge in [0.2, 0.25) is 0 Å². The van der Waals surface area contributed by atoms with Crippen molar-refractivity contribution >= 4 is 11.9 Å². The molecular formula is C12H16N2O4. The van der Waals surface area contributed by atoms with Crippen LogP contribution in [0, 0.1) is 0 Å². The summed E-state index contributed by atoms with van der Waals surface area (Å²) >= 11 is 0. The second kappa shape index (κ2) is 7.29. The van der Waals surface area contributed by atoms with Crippen LogP contribution in [0.1, 0.15) is 5.56 Å². The van der Waals surface area contributed by atoms with Crippen molar-refractivity contribution in [1.82, 2.24) is 5.32 Å². The summed E-state index contributed by atoms with van der Waals surface area (Å²) < 4.78 is 9.61. The standard InChI is InChI=1S/C12H16N2O4/c1-17-12(16)7-14-6-9-2-4-10(5-3-9)18-8-11(13)15/h2-5,14H,6-8H2,1H3,(H2,13,15). The number of amides is 1. The third-order valence-electron chi connectivity index (χ3n) is 2.13. The highest BCUT2D eigenvalue weighted by molar-refractivity contribution is 5.75. The first kappa shape index (κ1) is 14.0. The highest BCUT2D eigenvalue weighted by Crippen LogP contribution is 2.11. The zero-order valence-electron chi connectivity index (χ0n) is 10.1. The van der Waals surface area contributed by atoms with Gasteiger partial charge in [-0.3, -0.25) is 9.59 Å². The summed E-state index contributed by atoms with van der Waals surface area (Å²) in [5, 5.41) is 2.93. The molecule has 1 aromatic carbocycles. The number of methoxy groups -OCH3 is 1. The summed E-state index contributed by atoms with van der Waals surface area (Å²) in [7, 11) is 1.34. The molecular weight excluding hydrogens is 236 g/mol. The van der Waals surface area contributed by atoms with E-state index < -0.39 is 5.91 Å². The molecule has 0 unspecified atom stereocenters. The third kappa shape index (κ3) is 5.31. The van der Waals surface area contributed by atoms with Gasteiger partial charge >= 0.3 is 5.97 Å². The van der Waals surface area contributed by atoms with Crippen LogP contribution in [0.5, 0.6) is 5.75 Å². The molecule has 0 spiro atoms. The Kier molecular flexibility index (Phi) is 5.66. The van der Waals surface area contributed by atoms with E-state index in [1.165, 1.54) is 7.11 Å². The summed E-state index contributed by atoms with van der Waals surface area (Å²) in [5.41, 5.74) is 5.95. The van der Waals surface area contributed by atoms with Crippen molar-refractivity contribution in [3.63, 3.8) is 0 Å². The van der Waals surface area contributed by atoms with Gasteiger partial charge in [0.1, 0.15) is 5.75 Å². The first-order chi connectivity index (χ1) is 8.61. The Bertz CT molecular complexity index is 403. The molecule has 1 rings (SSSR count). The van der Waals surface area contributed by atoms with Gasteiger partial charge in [0.15, 0.2) is 6.61 Å². The fourth-order valence-corrected chi connectivity index (χ4v) is 1.24. The van der Waals surface area contributed by atoms with Crippen molar-refractivity contribution < 1.29 is 19.1 Å². The molecule has 0 saturated carbocycles. The summed E-state index contributed by atoms with van der Waals surface area (Å²) in [5.74, 6) is -0.249. The zero-order valence-corrected chi connectivity index (χ0v) is 10.1. The lowest BCUT2D eigenvalue weighted by molar-refractivity contribution is -0.139. The number of hydrogen-bond donors (Lipinski definition) is 2. The van der Waals surface area contributed by atoms with E-state index in [-0.39, 0.29) is 19.1 Å². The van der Waals surface area contributed by atoms with Gasteiger partial charge in [-0.15, -0.1) is 0 Å². The topological polar surface area (TPSA) is 90.7 Å². The molecule has 0 fully saturated rings. The molecule has 1 amide bonds. The van der Waals surface area contributed by atoms with E-state index in [1.54, 1.807) is 12.1 Å². The van der Waals surface area contributed by atoms with Gasteiger partial charge in [-0.25, -0.2) is 0 Å². The first-order valence-electron chi connectivity index (χ1n) is 5.39. The van der Waals surface area contributed by atoms with Gasteiger partial charge in [-0.2, -0.15) is 0 Å². The van der Waals surface area contributed by atoms with Gasteiger partial charge < -0.3 is 20.5 Å². The summed E-state index contributed by atoms with van der Waals surface area (Å²) in [6, 6.07) is 7.14. The Hall–Kier alpha value is -2.08. The Morgan fingerprint density at radius 2 is 1.94 bits per heavy atom. The van der Waals surface area contributed by atoms with Gasteiger partial charge in [-0.05, 0) is 17.7 Å². The van der Waals surface area contributed by atoms with Crippen molar-refractivity contribution in [2.45, 2.75) is 6.54 Å². The second-order valence-electron chi connectivity index (χ2n) is 3.58. The van der Waals surface area contributed by atoms with Crippen LogP contribution in [-0.4, -0.2) is 32.1 Å². The predicted octanol–water partition coefficient (Wildman–Crippen LogP) is -0.187. The van der Waals surface area contributed by atoms with Crippen LogP contribution in [0.15, 0.2) is 24.3 Å². The van der Waals surface area contributed by atoms with E-state index >= 15 is 0 Å². The number of rotatable bonds is 7. The van der Waals surface area contributed by atoms with E-state index in [1.807, 2.05) is 12.1 Å². The lowest BCUT2D eigenvalue weighted by Gasteiger charge is -2.06. The average Bonchev–Trinajstić information content (AvgIpc) is 2.37. The van der Waals surface area contributed by atoms with Crippen LogP contribution in [0.4, 0.5) is 0 Å². The molecule has 0 saturated heterocycles. The van der Waals surface area contributed by atoms with Crippen LogP contribution in [0.2, 0.25) is 0 Å². The van der Waals surface area contributed by atoms with Crippen LogP contribution >= 0.6 is 0 Å². The summed E-state index contributed by atoms with van der Waals surface area (Å²) in [4.78, 5) is 21.4. The minimum Gasteiger partial charge on any atom is -0.484 e. The molecule has 98 valence electrons. The number of primary amides is 1. The first-order valence-corrected chi connectivity index (χ1v) is 5.39. The number of carbonyl (C=O) groups excluding carboxylic acids is 2. The van der Waals surface area contributed by atoms with E-state index in [4.69, 9.17) is 10.5 Å². The van der Waals surface area contributed by atoms with Crippen molar-refractivity contribution in [2.24, 2.45) is 5.73 Å². The van der Waals surface area contributed by atoms with Crippen molar-refractivity contribution in [2.75, 3.05) is 20.3 Å². The average molecular weight is 252 g/mol. The molecule has 0 heterocycles. The lowest BCUT2D eigenvalue weighted by atomic mass is 10.2. The van der Waals surface area contributed by atoms with Crippen LogP contribution in [-0.2, 0) is 20.9 Å². The third-order valence-corrected chi connectivity index (χ3v) is 2.13. The Morgan fingerprint density at radius 1 is 1.28 bits per heavy atom. The molecule has 3 N–H and O–H groups in total. The number of nitrogens with two attached hydrogens (primary N) is 1. The molecule has 0 aromatic heterocycles. The van der Waals surface area contributed by atoms with E-state index in [9.17, 15) is 9.59 Å². The zero-order chi connectivity index (χ0) is 13.4. The highest BCUT2D eigenvalue weighted by atomic mass is 16.5. The van der Waals surface area contributed by atoms with Crippen molar-refractivity contribution in [1.29, 1.82) is 0 Å². The maximum atomic E-state index is 10.9. The van der Waals surface area contributed by atoms with Crippen LogP contribution < -0.4 is 15.8 Å². The smallest absolute Gasteiger partial charge is 0.319 e. The molecule has 0 bridgehead atoms. The number of ether oxygens (including phenoxy) is 2. The summed E-state index contributed by atoms with van der Waals surface area (Å²) in [6.07, 6.45) is 0. The molecule has 1 aromatic rings. The van der Waals surface area contributed by atoms with Crippen LogP contribution in [0.3, 0.4) is 0 Å². The molecule has 18 heavy (non-hydrogen) atoms. The molecule has 6 nitrogen and oxygen atoms in total. The number of nitrogens with one attached hydrogen (secondary N) is 1. The van der Waals surface area contributed by atoms with E-state index in [0.29, 0.717) is 12.3 Å². The fraction of sp³-hybridized carbons (Fsp3) is 0.333. The SMILES string of the molecule is COC(=O)CNCc1ccc(OCC(N)=O)cc1. The lowest BCUT2D eigenvalue weighted by Crippen LogP contribution is -2.23. The van der Waals surface area contributed by atoms with Crippen molar-refractivity contribution in [3.05, 3.63) is 29.8 Å². The van der Waals surface area contributed by atoms with Gasteiger partial charge in [0.05, 0.1) is 13.7 Å². The van der Waals surface area contributed by atoms with Crippen LogP contribution in [0.25, 0.3) is 0 Å². The highest BCUT2D eigenvalue weighted by Gasteiger charge is 2.00. The number of carbonyl (C=O) groups is 2. The van der Waals surface area contributed by atoms with Gasteiger partial charge in [0.25, 0.3) is 5.91 Å². The van der Waals surface area contributed by atoms with Gasteiger partial charge in [0, 0.05) is 6.54 Å². The minimum absolute atomic E-state index is 0.139. The summed E-state index contributed by atoms with van der Waals surface area (Å²) in [6.45, 7) is 0.571. The van der Waals surface area contributed by atoms with E-state index in [0.717, 1.165) is 5.56 Å². The monoisotopic (exact) mass is 252 g/mol. The molecule has 0 aliphatic rings. The maximum absolute atomic E-state index is 10.9. The molecule has 0 aliphatic heterocycles. The molecule has 6 heteroatoms. The maximum Gasteiger partial charge on any atom is 0.319 e. The Labute approximate surface area is 105 Å². The van der Waals surface area contributed by atoms with Gasteiger partial charge in [-0.1, -0.05) is 12.1 Å². The molecule has 0 atom stereocenters. The number of hydrogen-bond acceptors (Lipinski definition) is 5. The van der Waals surface area contributed by atoms with E-state index in [2.05, 4.69) is 10.1 Å². The number of esters is 1. The minimum atomic E-state index is -0.515. The Morgan fingerprint density at radius 3 is 2.50 bits per heavy atom. The van der Waals surface area contributed by atoms with Crippen molar-refractivity contribution in [3.8, 4) is 5.75 Å². The number of benzene rings is 1. The molecule has 0 radical (unpaired) electrons. The second-order valence-corrected chi connectivity index (χ2v) is 3.58. The quantitative estimate of drug-likeness (QED) is 0.656. The largest absolute Gasteiger partial charge is 0.484 e. The molecule has 0 aliphatic carbocycles. The normalized spacial score (nSPS) is 9.83. The fourth-order valence-electron chi connectivity index (χ4n) is 1.24.